The number of anilines is 1. The average Bonchev–Trinajstić information content (AvgIpc) is 3.75. The fourth-order valence-corrected chi connectivity index (χ4v) is 6.84. The van der Waals surface area contributed by atoms with Gasteiger partial charge in [0.15, 0.2) is 35.6 Å². The molecule has 2 aromatic heterocycles. The van der Waals surface area contributed by atoms with Crippen LogP contribution in [0.4, 0.5) is 10.6 Å². The standard InChI is InChI=1S/C28H33N7O7S/c1-3-29-28(37)33-24-20-25(31-15-30-24)35(16-32-20)27-23-21(40-19(41-23)12-11-17-8-5-4-6-9-17)22(42-27)26(36)34-13-7-10-18(34)14-43(2,38)39/h4-6,8-9,11-12,15-16,18-19,21-23,27H,3,7,10,13-14H2,1-2H3,(H2,29,30,31,33,37). The maximum absolute atomic E-state index is 13.9. The van der Waals surface area contributed by atoms with E-state index in [1.807, 2.05) is 36.4 Å². The molecule has 3 saturated heterocycles. The maximum atomic E-state index is 13.9. The first-order valence-electron chi connectivity index (χ1n) is 14.1. The van der Waals surface area contributed by atoms with Gasteiger partial charge in [0.1, 0.15) is 28.4 Å². The molecule has 2 N–H and O–H groups in total. The summed E-state index contributed by atoms with van der Waals surface area (Å²) in [6, 6.07) is 8.79. The Morgan fingerprint density at radius 3 is 2.65 bits per heavy atom. The van der Waals surface area contributed by atoms with Crippen molar-refractivity contribution in [2.45, 2.75) is 56.6 Å². The number of amides is 3. The Morgan fingerprint density at radius 1 is 1.09 bits per heavy atom. The zero-order chi connectivity index (χ0) is 30.1. The molecule has 0 saturated carbocycles. The van der Waals surface area contributed by atoms with Crippen LogP contribution in [-0.2, 0) is 28.8 Å². The minimum absolute atomic E-state index is 0.118. The van der Waals surface area contributed by atoms with Crippen molar-refractivity contribution in [3.05, 3.63) is 54.6 Å². The molecule has 5 heterocycles. The third-order valence-corrected chi connectivity index (χ3v) is 8.61. The number of fused-ring (bicyclic) bond motifs is 2. The summed E-state index contributed by atoms with van der Waals surface area (Å²) < 4.78 is 44.7. The molecule has 3 aliphatic rings. The molecule has 14 nitrogen and oxygen atoms in total. The quantitative estimate of drug-likeness (QED) is 0.383. The van der Waals surface area contributed by atoms with Crippen molar-refractivity contribution >= 4 is 44.8 Å². The molecule has 1 aromatic carbocycles. The Hall–Kier alpha value is -3.92. The van der Waals surface area contributed by atoms with Crippen LogP contribution in [0.3, 0.4) is 0 Å². The Balaban J connectivity index is 1.31. The molecule has 43 heavy (non-hydrogen) atoms. The fourth-order valence-electron chi connectivity index (χ4n) is 5.80. The zero-order valence-electron chi connectivity index (χ0n) is 23.7. The molecule has 228 valence electrons. The number of aromatic nitrogens is 4. The molecule has 15 heteroatoms. The van der Waals surface area contributed by atoms with E-state index in [0.717, 1.165) is 5.56 Å². The Labute approximate surface area is 248 Å². The van der Waals surface area contributed by atoms with Crippen molar-refractivity contribution in [1.29, 1.82) is 0 Å². The second-order valence-corrected chi connectivity index (χ2v) is 12.9. The third-order valence-electron chi connectivity index (χ3n) is 7.62. The molecular weight excluding hydrogens is 578 g/mol. The van der Waals surface area contributed by atoms with Crippen LogP contribution in [0.25, 0.3) is 17.2 Å². The van der Waals surface area contributed by atoms with Crippen molar-refractivity contribution in [2.24, 2.45) is 0 Å². The third kappa shape index (κ3) is 6.11. The number of benzene rings is 1. The number of sulfone groups is 1. The number of hydrogen-bond acceptors (Lipinski definition) is 10. The zero-order valence-corrected chi connectivity index (χ0v) is 24.5. The molecule has 0 radical (unpaired) electrons. The van der Waals surface area contributed by atoms with Gasteiger partial charge in [0, 0.05) is 25.4 Å². The number of imidazole rings is 1. The average molecular weight is 612 g/mol. The van der Waals surface area contributed by atoms with E-state index in [9.17, 15) is 18.0 Å². The highest BCUT2D eigenvalue weighted by Gasteiger charge is 2.57. The topological polar surface area (TPSA) is 167 Å². The highest BCUT2D eigenvalue weighted by atomic mass is 32.2. The van der Waals surface area contributed by atoms with E-state index in [2.05, 4.69) is 25.6 Å². The number of hydrogen-bond donors (Lipinski definition) is 2. The van der Waals surface area contributed by atoms with Crippen LogP contribution in [0, 0.1) is 0 Å². The molecule has 3 aliphatic heterocycles. The van der Waals surface area contributed by atoms with E-state index < -0.39 is 52.7 Å². The monoisotopic (exact) mass is 611 g/mol. The van der Waals surface area contributed by atoms with Crippen molar-refractivity contribution < 1.29 is 32.2 Å². The van der Waals surface area contributed by atoms with Crippen LogP contribution in [-0.4, -0.2) is 101 Å². The van der Waals surface area contributed by atoms with Gasteiger partial charge in [0.25, 0.3) is 5.91 Å². The van der Waals surface area contributed by atoms with Crippen LogP contribution < -0.4 is 10.6 Å². The molecule has 3 aromatic rings. The largest absolute Gasteiger partial charge is 0.339 e. The summed E-state index contributed by atoms with van der Waals surface area (Å²) in [5.41, 5.74) is 1.65. The summed E-state index contributed by atoms with van der Waals surface area (Å²) in [6.07, 6.45) is 4.72. The van der Waals surface area contributed by atoms with Crippen LogP contribution in [0.2, 0.25) is 0 Å². The van der Waals surface area contributed by atoms with Gasteiger partial charge >= 0.3 is 6.03 Å². The number of likely N-dealkylation sites (tertiary alicyclic amines) is 1. The summed E-state index contributed by atoms with van der Waals surface area (Å²) in [5, 5.41) is 5.32. The van der Waals surface area contributed by atoms with Crippen molar-refractivity contribution in [3.8, 4) is 0 Å². The number of rotatable bonds is 8. The molecule has 3 fully saturated rings. The highest BCUT2D eigenvalue weighted by molar-refractivity contribution is 7.90. The maximum Gasteiger partial charge on any atom is 0.320 e. The summed E-state index contributed by atoms with van der Waals surface area (Å²) in [5.74, 6) is -0.254. The molecule has 0 aliphatic carbocycles. The summed E-state index contributed by atoms with van der Waals surface area (Å²) >= 11 is 0. The van der Waals surface area contributed by atoms with Gasteiger partial charge in [0.05, 0.1) is 12.1 Å². The number of carbonyl (C=O) groups is 2. The summed E-state index contributed by atoms with van der Waals surface area (Å²) in [6.45, 7) is 2.66. The lowest BCUT2D eigenvalue weighted by molar-refractivity contribution is -0.161. The Kier molecular flexibility index (Phi) is 8.13. The van der Waals surface area contributed by atoms with Gasteiger partial charge in [-0.15, -0.1) is 0 Å². The normalized spacial score (nSPS) is 27.2. The molecule has 0 bridgehead atoms. The first-order valence-corrected chi connectivity index (χ1v) is 16.2. The van der Waals surface area contributed by atoms with Crippen molar-refractivity contribution in [3.63, 3.8) is 0 Å². The van der Waals surface area contributed by atoms with E-state index in [-0.39, 0.29) is 17.5 Å². The summed E-state index contributed by atoms with van der Waals surface area (Å²) in [7, 11) is -3.31. The molecule has 3 amide bonds. The lowest BCUT2D eigenvalue weighted by Crippen LogP contribution is -2.48. The SMILES string of the molecule is CCNC(=O)Nc1ncnc2c1ncn2C1OC(C(=O)N2CCCC2CS(C)(=O)=O)C2OC(C=Cc3ccccc3)OC21. The number of urea groups is 1. The van der Waals surface area contributed by atoms with E-state index in [0.29, 0.717) is 37.1 Å². The van der Waals surface area contributed by atoms with Crippen molar-refractivity contribution in [1.82, 2.24) is 29.7 Å². The van der Waals surface area contributed by atoms with E-state index in [1.54, 1.807) is 22.5 Å². The minimum atomic E-state index is -3.31. The number of nitrogens with zero attached hydrogens (tertiary/aromatic N) is 5. The predicted octanol–water partition coefficient (Wildman–Crippen LogP) is 1.72. The van der Waals surface area contributed by atoms with Crippen molar-refractivity contribution in [2.75, 3.05) is 30.4 Å². The van der Waals surface area contributed by atoms with E-state index in [1.165, 1.54) is 18.9 Å². The fraction of sp³-hybridized carbons (Fsp3) is 0.464. The summed E-state index contributed by atoms with van der Waals surface area (Å²) in [4.78, 5) is 40.6. The van der Waals surface area contributed by atoms with Gasteiger partial charge in [-0.3, -0.25) is 14.7 Å². The van der Waals surface area contributed by atoms with E-state index >= 15 is 0 Å². The number of nitrogens with one attached hydrogen (secondary N) is 2. The molecule has 6 unspecified atom stereocenters. The number of carbonyl (C=O) groups excluding carboxylic acids is 2. The second-order valence-electron chi connectivity index (χ2n) is 10.7. The Morgan fingerprint density at radius 2 is 1.88 bits per heavy atom. The predicted molar refractivity (Wildman–Crippen MR) is 155 cm³/mol. The second kappa shape index (κ2) is 12.0. The van der Waals surface area contributed by atoms with Gasteiger partial charge in [-0.1, -0.05) is 36.4 Å². The molecule has 6 atom stereocenters. The van der Waals surface area contributed by atoms with Crippen LogP contribution >= 0.6 is 0 Å². The molecule has 6 rings (SSSR count). The highest BCUT2D eigenvalue weighted by Crippen LogP contribution is 2.42. The Bertz CT molecular complexity index is 1630. The first kappa shape index (κ1) is 29.2. The van der Waals surface area contributed by atoms with Gasteiger partial charge in [-0.2, -0.15) is 0 Å². The molecule has 0 spiro atoms. The van der Waals surface area contributed by atoms with Crippen LogP contribution in [0.5, 0.6) is 0 Å². The van der Waals surface area contributed by atoms with Gasteiger partial charge < -0.3 is 24.4 Å². The van der Waals surface area contributed by atoms with Gasteiger partial charge in [-0.25, -0.2) is 28.2 Å². The number of ether oxygens (including phenoxy) is 3. The van der Waals surface area contributed by atoms with E-state index in [4.69, 9.17) is 14.2 Å². The smallest absolute Gasteiger partial charge is 0.320 e. The molecular formula is C28H33N7O7S. The van der Waals surface area contributed by atoms with Crippen LogP contribution in [0.15, 0.2) is 49.1 Å². The van der Waals surface area contributed by atoms with Gasteiger partial charge in [0.2, 0.25) is 0 Å². The van der Waals surface area contributed by atoms with Gasteiger partial charge in [-0.05, 0) is 31.4 Å². The minimum Gasteiger partial charge on any atom is -0.339 e. The first-order chi connectivity index (χ1) is 20.7. The van der Waals surface area contributed by atoms with Crippen LogP contribution in [0.1, 0.15) is 31.6 Å². The lowest BCUT2D eigenvalue weighted by Gasteiger charge is -2.28. The lowest BCUT2D eigenvalue weighted by atomic mass is 10.1.